The van der Waals surface area contributed by atoms with Crippen LogP contribution in [-0.2, 0) is 9.22 Å². The SMILES string of the molecule is CC(CCCNC(=O)C(F)(F)F)[C@H]1CC[C@H]2[C@@H]3CC[C@@H]4C[C@H](O[Si](C)(C)C(C)(C)C)CC[C@]4(C)[C@H]3CC[C@]12C. The van der Waals surface area contributed by atoms with Gasteiger partial charge in [0.15, 0.2) is 8.32 Å². The summed E-state index contributed by atoms with van der Waals surface area (Å²) < 4.78 is 44.4. The quantitative estimate of drug-likeness (QED) is 0.244. The highest BCUT2D eigenvalue weighted by molar-refractivity contribution is 6.74. The predicted octanol–water partition coefficient (Wildman–Crippen LogP) is 9.13. The fourth-order valence-electron chi connectivity index (χ4n) is 9.82. The molecule has 0 heterocycles. The molecular weight excluding hydrogens is 515 g/mol. The van der Waals surface area contributed by atoms with E-state index < -0.39 is 20.4 Å². The number of carbonyl (C=O) groups excluding carboxylic acids is 1. The fraction of sp³-hybridized carbons (Fsp3) is 0.969. The summed E-state index contributed by atoms with van der Waals surface area (Å²) in [6, 6.07) is 0. The van der Waals surface area contributed by atoms with Crippen LogP contribution in [0.15, 0.2) is 0 Å². The van der Waals surface area contributed by atoms with Crippen molar-refractivity contribution in [2.45, 2.75) is 143 Å². The van der Waals surface area contributed by atoms with Gasteiger partial charge in [0.1, 0.15) is 0 Å². The van der Waals surface area contributed by atoms with E-state index in [1.807, 2.05) is 0 Å². The first-order valence-electron chi connectivity index (χ1n) is 15.9. The second kappa shape index (κ2) is 10.9. The van der Waals surface area contributed by atoms with E-state index in [4.69, 9.17) is 4.43 Å². The van der Waals surface area contributed by atoms with E-state index in [0.717, 1.165) is 30.1 Å². The maximum Gasteiger partial charge on any atom is 0.471 e. The van der Waals surface area contributed by atoms with E-state index in [-0.39, 0.29) is 11.6 Å². The molecule has 1 N–H and O–H groups in total. The van der Waals surface area contributed by atoms with Crippen molar-refractivity contribution < 1.29 is 22.4 Å². The van der Waals surface area contributed by atoms with Crippen molar-refractivity contribution in [2.24, 2.45) is 46.3 Å². The first-order chi connectivity index (χ1) is 17.9. The average molecular weight is 572 g/mol. The number of hydrogen-bond donors (Lipinski definition) is 1. The summed E-state index contributed by atoms with van der Waals surface area (Å²) in [5, 5.41) is 2.31. The van der Waals surface area contributed by atoms with Crippen molar-refractivity contribution in [3.8, 4) is 0 Å². The van der Waals surface area contributed by atoms with Gasteiger partial charge in [-0.2, -0.15) is 13.2 Å². The zero-order valence-electron chi connectivity index (χ0n) is 26.0. The fourth-order valence-corrected chi connectivity index (χ4v) is 11.2. The molecule has 0 aliphatic heterocycles. The normalized spacial score (nSPS) is 39.9. The number of hydrogen-bond acceptors (Lipinski definition) is 2. The van der Waals surface area contributed by atoms with Gasteiger partial charge in [-0.1, -0.05) is 41.5 Å². The topological polar surface area (TPSA) is 38.3 Å². The van der Waals surface area contributed by atoms with Crippen LogP contribution < -0.4 is 5.32 Å². The second-order valence-corrected chi connectivity index (χ2v) is 20.8. The first kappa shape index (κ1) is 31.4. The van der Waals surface area contributed by atoms with Crippen LogP contribution in [0, 0.1) is 46.3 Å². The molecule has 0 aromatic carbocycles. The summed E-state index contributed by atoms with van der Waals surface area (Å²) in [4.78, 5) is 11.1. The number of fused-ring (bicyclic) bond motifs is 5. The molecule has 0 aromatic rings. The van der Waals surface area contributed by atoms with Gasteiger partial charge in [0.05, 0.1) is 0 Å². The van der Waals surface area contributed by atoms with E-state index in [1.165, 1.54) is 57.8 Å². The predicted molar refractivity (Wildman–Crippen MR) is 155 cm³/mol. The lowest BCUT2D eigenvalue weighted by molar-refractivity contribution is -0.173. The third kappa shape index (κ3) is 6.01. The summed E-state index contributed by atoms with van der Waals surface area (Å²) in [5.74, 6) is 2.53. The maximum absolute atomic E-state index is 12.5. The number of nitrogens with one attached hydrogen (secondary N) is 1. The molecular formula is C32H56F3NO2Si. The van der Waals surface area contributed by atoms with Crippen molar-refractivity contribution in [2.75, 3.05) is 6.54 Å². The van der Waals surface area contributed by atoms with Gasteiger partial charge in [-0.05, 0) is 135 Å². The number of rotatable bonds is 7. The van der Waals surface area contributed by atoms with Crippen molar-refractivity contribution in [3.05, 3.63) is 0 Å². The number of amides is 1. The minimum Gasteiger partial charge on any atom is -0.414 e. The van der Waals surface area contributed by atoms with Gasteiger partial charge in [0, 0.05) is 12.6 Å². The van der Waals surface area contributed by atoms with Gasteiger partial charge >= 0.3 is 12.1 Å². The molecule has 3 nitrogen and oxygen atoms in total. The van der Waals surface area contributed by atoms with Crippen LogP contribution in [-0.4, -0.2) is 33.0 Å². The Kier molecular flexibility index (Phi) is 8.79. The van der Waals surface area contributed by atoms with E-state index in [2.05, 4.69) is 60.0 Å². The molecule has 4 rings (SSSR count). The van der Waals surface area contributed by atoms with E-state index in [9.17, 15) is 18.0 Å². The summed E-state index contributed by atoms with van der Waals surface area (Å²) in [7, 11) is -1.75. The molecule has 226 valence electrons. The molecule has 9 atom stereocenters. The van der Waals surface area contributed by atoms with Crippen molar-refractivity contribution in [3.63, 3.8) is 0 Å². The summed E-state index contributed by atoms with van der Waals surface area (Å²) in [6.45, 7) is 19.4. The Morgan fingerprint density at radius 3 is 2.26 bits per heavy atom. The molecule has 0 radical (unpaired) electrons. The third-order valence-corrected chi connectivity index (χ3v) is 17.6. The van der Waals surface area contributed by atoms with Crippen LogP contribution in [0.25, 0.3) is 0 Å². The molecule has 1 amide bonds. The lowest BCUT2D eigenvalue weighted by Gasteiger charge is -2.61. The minimum atomic E-state index is -4.79. The van der Waals surface area contributed by atoms with Gasteiger partial charge < -0.3 is 9.74 Å². The second-order valence-electron chi connectivity index (χ2n) is 16.0. The molecule has 7 heteroatoms. The molecule has 39 heavy (non-hydrogen) atoms. The smallest absolute Gasteiger partial charge is 0.414 e. The lowest BCUT2D eigenvalue weighted by Crippen LogP contribution is -2.55. The van der Waals surface area contributed by atoms with Crippen molar-refractivity contribution in [1.29, 1.82) is 0 Å². The molecule has 4 fully saturated rings. The molecule has 4 saturated carbocycles. The molecule has 0 bridgehead atoms. The Labute approximate surface area is 237 Å². The third-order valence-electron chi connectivity index (χ3n) is 13.0. The highest BCUT2D eigenvalue weighted by Crippen LogP contribution is 2.68. The highest BCUT2D eigenvalue weighted by Gasteiger charge is 2.60. The Morgan fingerprint density at radius 1 is 0.974 bits per heavy atom. The van der Waals surface area contributed by atoms with Crippen molar-refractivity contribution in [1.82, 2.24) is 5.32 Å². The van der Waals surface area contributed by atoms with E-state index in [1.54, 1.807) is 0 Å². The van der Waals surface area contributed by atoms with Gasteiger partial charge in [-0.3, -0.25) is 4.79 Å². The van der Waals surface area contributed by atoms with Crippen LogP contribution in [0.3, 0.4) is 0 Å². The Morgan fingerprint density at radius 2 is 1.62 bits per heavy atom. The van der Waals surface area contributed by atoms with E-state index >= 15 is 0 Å². The van der Waals surface area contributed by atoms with Crippen LogP contribution in [0.1, 0.15) is 112 Å². The lowest BCUT2D eigenvalue weighted by atomic mass is 9.44. The van der Waals surface area contributed by atoms with E-state index in [0.29, 0.717) is 35.2 Å². The molecule has 4 aliphatic carbocycles. The Hall–Kier alpha value is -0.563. The van der Waals surface area contributed by atoms with Gasteiger partial charge in [-0.15, -0.1) is 0 Å². The number of halogens is 3. The summed E-state index contributed by atoms with van der Waals surface area (Å²) in [6.07, 6.45) is 8.84. The van der Waals surface area contributed by atoms with Crippen LogP contribution in [0.2, 0.25) is 18.1 Å². The maximum atomic E-state index is 12.5. The zero-order valence-corrected chi connectivity index (χ0v) is 27.0. The summed E-state index contributed by atoms with van der Waals surface area (Å²) >= 11 is 0. The zero-order chi connectivity index (χ0) is 29.0. The molecule has 1 unspecified atom stereocenters. The van der Waals surface area contributed by atoms with Gasteiger partial charge in [0.25, 0.3) is 0 Å². The average Bonchev–Trinajstić information content (AvgIpc) is 3.17. The Bertz CT molecular complexity index is 886. The molecule has 4 aliphatic rings. The summed E-state index contributed by atoms with van der Waals surface area (Å²) in [5.41, 5.74) is 0.791. The van der Waals surface area contributed by atoms with Crippen LogP contribution >= 0.6 is 0 Å². The number of alkyl halides is 3. The highest BCUT2D eigenvalue weighted by atomic mass is 28.4. The van der Waals surface area contributed by atoms with Gasteiger partial charge in [-0.25, -0.2) is 0 Å². The number of carbonyl (C=O) groups is 1. The van der Waals surface area contributed by atoms with Gasteiger partial charge in [0.2, 0.25) is 0 Å². The van der Waals surface area contributed by atoms with Crippen LogP contribution in [0.4, 0.5) is 13.2 Å². The van der Waals surface area contributed by atoms with Crippen LogP contribution in [0.5, 0.6) is 0 Å². The van der Waals surface area contributed by atoms with Crippen molar-refractivity contribution >= 4 is 14.2 Å². The molecule has 0 aromatic heterocycles. The Balaban J connectivity index is 1.35. The standard InChI is InChI=1S/C32H56F3NO2Si/c1-21(10-9-19-36-28(37)32(33,34)35)25-13-14-26-24-12-11-22-20-23(38-39(7,8)29(2,3)4)15-17-30(22,5)27(24)16-18-31(25,26)6/h21-27H,9-20H2,1-8H3,(H,36,37)/t21?,22-,23-,24+,25-,26+,27+,30+,31-/m1/s1. The molecule has 0 saturated heterocycles. The first-order valence-corrected chi connectivity index (χ1v) is 18.8. The largest absolute Gasteiger partial charge is 0.471 e. The minimum absolute atomic E-state index is 0.111. The monoisotopic (exact) mass is 571 g/mol. The molecule has 0 spiro atoms.